The number of aromatic nitrogens is 1. The average molecular weight is 455 g/mol. The molecule has 9 heteroatoms. The molecule has 1 aromatic heterocycles. The molecule has 0 saturated heterocycles. The molecule has 1 aromatic rings. The van der Waals surface area contributed by atoms with Crippen LogP contribution >= 0.6 is 24.0 Å². The molecular weight excluding hydrogens is 429 g/mol. The molecule has 0 unspecified atom stereocenters. The predicted molar refractivity (Wildman–Crippen MR) is 105 cm³/mol. The van der Waals surface area contributed by atoms with Gasteiger partial charge < -0.3 is 10.6 Å². The molecule has 3 N–H and O–H groups in total. The van der Waals surface area contributed by atoms with Gasteiger partial charge in [0.25, 0.3) is 0 Å². The Hall–Kier alpha value is -0.940. The van der Waals surface area contributed by atoms with Crippen molar-refractivity contribution in [3.8, 4) is 0 Å². The van der Waals surface area contributed by atoms with Gasteiger partial charge in [0.05, 0.1) is 6.26 Å². The molecule has 0 radical (unpaired) electrons. The number of pyridine rings is 1. The molecule has 0 aliphatic carbocycles. The zero-order valence-electron chi connectivity index (χ0n) is 14.0. The summed E-state index contributed by atoms with van der Waals surface area (Å²) in [6.45, 7) is 4.73. The molecule has 0 aromatic carbocycles. The Morgan fingerprint density at radius 1 is 1.30 bits per heavy atom. The monoisotopic (exact) mass is 455 g/mol. The Bertz CT molecular complexity index is 590. The van der Waals surface area contributed by atoms with Gasteiger partial charge in [0.2, 0.25) is 10.0 Å². The smallest absolute Gasteiger partial charge is 0.209 e. The zero-order valence-corrected chi connectivity index (χ0v) is 17.1. The fraction of sp³-hybridized carbons (Fsp3) is 0.571. The van der Waals surface area contributed by atoms with Crippen LogP contribution in [0.1, 0.15) is 19.5 Å². The molecule has 0 amide bonds. The Labute approximate surface area is 155 Å². The van der Waals surface area contributed by atoms with Gasteiger partial charge in [0.1, 0.15) is 0 Å². The minimum atomic E-state index is -3.25. The van der Waals surface area contributed by atoms with Crippen molar-refractivity contribution in [2.45, 2.75) is 25.8 Å². The number of rotatable bonds is 7. The summed E-state index contributed by atoms with van der Waals surface area (Å²) in [6.07, 6.45) is 3.70. The lowest BCUT2D eigenvalue weighted by molar-refractivity contribution is 0.446. The van der Waals surface area contributed by atoms with Crippen molar-refractivity contribution in [3.63, 3.8) is 0 Å². The number of halogens is 1. The maximum atomic E-state index is 11.3. The van der Waals surface area contributed by atoms with E-state index >= 15 is 0 Å². The average Bonchev–Trinajstić information content (AvgIpc) is 2.41. The second kappa shape index (κ2) is 10.0. The molecule has 1 heterocycles. The summed E-state index contributed by atoms with van der Waals surface area (Å²) in [5.74, 6) is 0.624. The van der Waals surface area contributed by atoms with E-state index in [9.17, 15) is 8.42 Å². The molecule has 0 bridgehead atoms. The van der Waals surface area contributed by atoms with Gasteiger partial charge in [-0.25, -0.2) is 13.1 Å². The van der Waals surface area contributed by atoms with Crippen molar-refractivity contribution >= 4 is 40.0 Å². The third-order valence-electron chi connectivity index (χ3n) is 2.78. The number of nitrogens with zero attached hydrogens (tertiary/aromatic N) is 2. The zero-order chi connectivity index (χ0) is 16.6. The summed E-state index contributed by atoms with van der Waals surface area (Å²) in [6, 6.07) is 5.81. The lowest BCUT2D eigenvalue weighted by atomic mass is 10.1. The van der Waals surface area contributed by atoms with Crippen molar-refractivity contribution in [1.29, 1.82) is 0 Å². The van der Waals surface area contributed by atoms with Crippen LogP contribution in [0.2, 0.25) is 0 Å². The maximum absolute atomic E-state index is 11.3. The van der Waals surface area contributed by atoms with E-state index in [4.69, 9.17) is 0 Å². The Morgan fingerprint density at radius 3 is 2.52 bits per heavy atom. The van der Waals surface area contributed by atoms with E-state index in [1.165, 1.54) is 0 Å². The third-order valence-corrected chi connectivity index (χ3v) is 3.71. The van der Waals surface area contributed by atoms with Crippen LogP contribution in [0, 0.1) is 0 Å². The number of hydrogen-bond acceptors (Lipinski definition) is 4. The van der Waals surface area contributed by atoms with Gasteiger partial charge >= 0.3 is 0 Å². The molecule has 0 aliphatic rings. The van der Waals surface area contributed by atoms with E-state index < -0.39 is 15.6 Å². The predicted octanol–water partition coefficient (Wildman–Crippen LogP) is 0.735. The van der Waals surface area contributed by atoms with Gasteiger partial charge in [-0.2, -0.15) is 0 Å². The third kappa shape index (κ3) is 10.4. The first-order valence-corrected chi connectivity index (χ1v) is 8.94. The van der Waals surface area contributed by atoms with Crippen molar-refractivity contribution in [1.82, 2.24) is 20.3 Å². The van der Waals surface area contributed by atoms with E-state index in [0.717, 1.165) is 18.4 Å². The molecule has 0 atom stereocenters. The number of guanidine groups is 1. The van der Waals surface area contributed by atoms with Gasteiger partial charge in [0.15, 0.2) is 5.96 Å². The van der Waals surface area contributed by atoms with Gasteiger partial charge in [-0.15, -0.1) is 24.0 Å². The summed E-state index contributed by atoms with van der Waals surface area (Å²) in [5, 5.41) is 6.29. The summed E-state index contributed by atoms with van der Waals surface area (Å²) in [7, 11) is -1.57. The summed E-state index contributed by atoms with van der Waals surface area (Å²) in [4.78, 5) is 8.37. The van der Waals surface area contributed by atoms with Crippen LogP contribution in [0.25, 0.3) is 0 Å². The standard InChI is InChI=1S/C14H25N5O2S.HI/c1-14(2,19-22(4,20)21)11-18-13(15-3)17-10-8-12-7-5-6-9-16-12;/h5-7,9,19H,8,10-11H2,1-4H3,(H2,15,17,18);1H. The Balaban J connectivity index is 0.00000484. The van der Waals surface area contributed by atoms with Gasteiger partial charge in [-0.3, -0.25) is 9.98 Å². The molecule has 0 fully saturated rings. The van der Waals surface area contributed by atoms with Crippen LogP contribution in [0.3, 0.4) is 0 Å². The first kappa shape index (κ1) is 22.1. The largest absolute Gasteiger partial charge is 0.356 e. The maximum Gasteiger partial charge on any atom is 0.209 e. The normalized spacial score (nSPS) is 12.4. The van der Waals surface area contributed by atoms with Crippen LogP contribution in [-0.4, -0.2) is 51.3 Å². The van der Waals surface area contributed by atoms with Crippen molar-refractivity contribution in [2.24, 2.45) is 4.99 Å². The summed E-state index contributed by atoms with van der Waals surface area (Å²) in [5.41, 5.74) is 0.399. The molecule has 23 heavy (non-hydrogen) atoms. The van der Waals surface area contributed by atoms with Crippen LogP contribution in [0.4, 0.5) is 0 Å². The quantitative estimate of drug-likeness (QED) is 0.320. The highest BCUT2D eigenvalue weighted by Crippen LogP contribution is 2.01. The van der Waals surface area contributed by atoms with Gasteiger partial charge in [-0.1, -0.05) is 6.07 Å². The van der Waals surface area contributed by atoms with Crippen molar-refractivity contribution in [2.75, 3.05) is 26.4 Å². The van der Waals surface area contributed by atoms with Gasteiger partial charge in [0, 0.05) is 44.0 Å². The van der Waals surface area contributed by atoms with Crippen LogP contribution in [-0.2, 0) is 16.4 Å². The molecule has 0 spiro atoms. The SMILES string of the molecule is CN=C(NCCc1ccccn1)NCC(C)(C)NS(C)(=O)=O.I. The van der Waals surface area contributed by atoms with Crippen molar-refractivity contribution in [3.05, 3.63) is 30.1 Å². The number of sulfonamides is 1. The van der Waals surface area contributed by atoms with E-state index in [0.29, 0.717) is 19.0 Å². The van der Waals surface area contributed by atoms with Crippen LogP contribution in [0.5, 0.6) is 0 Å². The second-order valence-corrected chi connectivity index (χ2v) is 7.43. The summed E-state index contributed by atoms with van der Waals surface area (Å²) >= 11 is 0. The number of aliphatic imine (C=N–C) groups is 1. The molecule has 0 saturated carbocycles. The van der Waals surface area contributed by atoms with Crippen molar-refractivity contribution < 1.29 is 8.42 Å². The highest BCUT2D eigenvalue weighted by atomic mass is 127. The number of nitrogens with one attached hydrogen (secondary N) is 3. The van der Waals surface area contributed by atoms with E-state index in [1.54, 1.807) is 13.2 Å². The Kier molecular flexibility index (Phi) is 9.63. The lowest BCUT2D eigenvalue weighted by Crippen LogP contribution is -2.53. The lowest BCUT2D eigenvalue weighted by Gasteiger charge is -2.26. The topological polar surface area (TPSA) is 95.5 Å². The second-order valence-electron chi connectivity index (χ2n) is 5.68. The van der Waals surface area contributed by atoms with Gasteiger partial charge in [-0.05, 0) is 26.0 Å². The molecule has 132 valence electrons. The highest BCUT2D eigenvalue weighted by molar-refractivity contribution is 14.0. The minimum absolute atomic E-state index is 0. The first-order valence-electron chi connectivity index (χ1n) is 7.05. The van der Waals surface area contributed by atoms with E-state index in [2.05, 4.69) is 25.3 Å². The van der Waals surface area contributed by atoms with E-state index in [-0.39, 0.29) is 24.0 Å². The number of hydrogen-bond donors (Lipinski definition) is 3. The Morgan fingerprint density at radius 2 is 2.00 bits per heavy atom. The van der Waals surface area contributed by atoms with Crippen LogP contribution in [0.15, 0.2) is 29.4 Å². The molecule has 1 rings (SSSR count). The fourth-order valence-electron chi connectivity index (χ4n) is 1.92. The van der Waals surface area contributed by atoms with E-state index in [1.807, 2.05) is 32.0 Å². The highest BCUT2D eigenvalue weighted by Gasteiger charge is 2.22. The molecule has 7 nitrogen and oxygen atoms in total. The molecular formula is C14H26IN5O2S. The van der Waals surface area contributed by atoms with Crippen LogP contribution < -0.4 is 15.4 Å². The first-order chi connectivity index (χ1) is 10.2. The summed E-state index contributed by atoms with van der Waals surface area (Å²) < 4.78 is 25.2. The fourth-order valence-corrected chi connectivity index (χ4v) is 2.99. The molecule has 0 aliphatic heterocycles. The minimum Gasteiger partial charge on any atom is -0.356 e.